The molecule has 0 fully saturated rings. The summed E-state index contributed by atoms with van der Waals surface area (Å²) in [7, 11) is 6.35. The van der Waals surface area contributed by atoms with Crippen molar-refractivity contribution in [3.8, 4) is 0 Å². The van der Waals surface area contributed by atoms with Crippen LogP contribution in [0.3, 0.4) is 0 Å². The molecule has 0 aliphatic rings. The third-order valence-corrected chi connectivity index (χ3v) is 4.03. The molecular weight excluding hydrogens is 210 g/mol. The van der Waals surface area contributed by atoms with Crippen molar-refractivity contribution in [3.63, 3.8) is 0 Å². The molecule has 0 radical (unpaired) electrons. The van der Waals surface area contributed by atoms with Crippen molar-refractivity contribution in [1.82, 2.24) is 15.2 Å². The Morgan fingerprint density at radius 1 is 1.35 bits per heavy atom. The fraction of sp³-hybridized carbons (Fsp3) is 0.643. The van der Waals surface area contributed by atoms with Crippen molar-refractivity contribution < 1.29 is 0 Å². The van der Waals surface area contributed by atoms with Gasteiger partial charge in [0.2, 0.25) is 0 Å². The van der Waals surface area contributed by atoms with Crippen LogP contribution in [0.15, 0.2) is 24.5 Å². The summed E-state index contributed by atoms with van der Waals surface area (Å²) >= 11 is 0. The van der Waals surface area contributed by atoms with E-state index in [0.29, 0.717) is 6.04 Å². The van der Waals surface area contributed by atoms with Crippen LogP contribution >= 0.6 is 0 Å². The molecule has 0 saturated heterocycles. The highest BCUT2D eigenvalue weighted by Crippen LogP contribution is 2.23. The minimum Gasteiger partial charge on any atom is -0.315 e. The minimum absolute atomic E-state index is 0.165. The number of nitrogens with one attached hydrogen (secondary N) is 1. The standard InChI is InChI=1S/C14H25N3/c1-6-14(2,17(4)5)13(15-3)11-12-7-9-16-10-8-12/h7-10,13,15H,6,11H2,1-5H3. The second kappa shape index (κ2) is 6.12. The minimum atomic E-state index is 0.165. The highest BCUT2D eigenvalue weighted by Gasteiger charge is 2.33. The van der Waals surface area contributed by atoms with Gasteiger partial charge in [0.15, 0.2) is 0 Å². The van der Waals surface area contributed by atoms with Gasteiger partial charge in [-0.05, 0) is 58.6 Å². The van der Waals surface area contributed by atoms with E-state index in [-0.39, 0.29) is 5.54 Å². The number of aromatic nitrogens is 1. The van der Waals surface area contributed by atoms with E-state index in [4.69, 9.17) is 0 Å². The maximum atomic E-state index is 4.07. The second-order valence-electron chi connectivity index (χ2n) is 5.01. The van der Waals surface area contributed by atoms with Crippen molar-refractivity contribution in [2.75, 3.05) is 21.1 Å². The first kappa shape index (κ1) is 14.1. The lowest BCUT2D eigenvalue weighted by Crippen LogP contribution is -2.56. The number of hydrogen-bond acceptors (Lipinski definition) is 3. The summed E-state index contributed by atoms with van der Waals surface area (Å²) in [5.74, 6) is 0. The first-order valence-electron chi connectivity index (χ1n) is 6.28. The third kappa shape index (κ3) is 3.27. The third-order valence-electron chi connectivity index (χ3n) is 4.03. The molecular formula is C14H25N3. The largest absolute Gasteiger partial charge is 0.315 e. The lowest BCUT2D eigenvalue weighted by atomic mass is 9.84. The normalized spacial score (nSPS) is 16.8. The fourth-order valence-corrected chi connectivity index (χ4v) is 2.26. The quantitative estimate of drug-likeness (QED) is 0.817. The van der Waals surface area contributed by atoms with Gasteiger partial charge in [0, 0.05) is 24.0 Å². The van der Waals surface area contributed by atoms with Crippen LogP contribution < -0.4 is 5.32 Å². The van der Waals surface area contributed by atoms with Crippen molar-refractivity contribution >= 4 is 0 Å². The number of pyridine rings is 1. The Labute approximate surface area is 105 Å². The van der Waals surface area contributed by atoms with E-state index in [1.807, 2.05) is 19.4 Å². The van der Waals surface area contributed by atoms with Gasteiger partial charge in [-0.25, -0.2) is 0 Å². The predicted octanol–water partition coefficient (Wildman–Crippen LogP) is 1.94. The molecule has 0 saturated carbocycles. The Bertz CT molecular complexity index is 323. The molecule has 0 aliphatic carbocycles. The van der Waals surface area contributed by atoms with Crippen molar-refractivity contribution in [1.29, 1.82) is 0 Å². The van der Waals surface area contributed by atoms with Gasteiger partial charge in [-0.1, -0.05) is 6.92 Å². The topological polar surface area (TPSA) is 28.2 Å². The zero-order valence-electron chi connectivity index (χ0n) is 11.7. The molecule has 0 spiro atoms. The van der Waals surface area contributed by atoms with Gasteiger partial charge in [0.1, 0.15) is 0 Å². The Morgan fingerprint density at radius 2 is 1.94 bits per heavy atom. The van der Waals surface area contributed by atoms with Crippen LogP contribution in [-0.2, 0) is 6.42 Å². The van der Waals surface area contributed by atoms with Crippen LogP contribution in [0.2, 0.25) is 0 Å². The Hall–Kier alpha value is -0.930. The Kier molecular flexibility index (Phi) is 5.09. The SMILES string of the molecule is CCC(C)(C(Cc1ccncc1)NC)N(C)C. The number of nitrogens with zero attached hydrogens (tertiary/aromatic N) is 2. The highest BCUT2D eigenvalue weighted by atomic mass is 15.2. The molecule has 3 heteroatoms. The molecule has 2 unspecified atom stereocenters. The maximum Gasteiger partial charge on any atom is 0.0328 e. The molecule has 3 nitrogen and oxygen atoms in total. The summed E-state index contributed by atoms with van der Waals surface area (Å²) in [5.41, 5.74) is 1.50. The molecule has 0 amide bonds. The van der Waals surface area contributed by atoms with Gasteiger partial charge in [0.05, 0.1) is 0 Å². The van der Waals surface area contributed by atoms with E-state index >= 15 is 0 Å². The summed E-state index contributed by atoms with van der Waals surface area (Å²) in [6, 6.07) is 4.62. The second-order valence-corrected chi connectivity index (χ2v) is 5.01. The first-order valence-corrected chi connectivity index (χ1v) is 6.28. The number of likely N-dealkylation sites (N-methyl/N-ethyl adjacent to an activating group) is 2. The van der Waals surface area contributed by atoms with Crippen LogP contribution in [-0.4, -0.2) is 42.6 Å². The van der Waals surface area contributed by atoms with Gasteiger partial charge >= 0.3 is 0 Å². The molecule has 0 aromatic carbocycles. The van der Waals surface area contributed by atoms with E-state index in [2.05, 4.69) is 55.3 Å². The molecule has 0 aliphatic heterocycles. The molecule has 0 bridgehead atoms. The molecule has 1 aromatic rings. The van der Waals surface area contributed by atoms with Crippen LogP contribution in [0.4, 0.5) is 0 Å². The van der Waals surface area contributed by atoms with E-state index in [1.54, 1.807) is 0 Å². The van der Waals surface area contributed by atoms with Crippen molar-refractivity contribution in [2.45, 2.75) is 38.3 Å². The predicted molar refractivity (Wildman–Crippen MR) is 73.2 cm³/mol. The molecule has 17 heavy (non-hydrogen) atoms. The highest BCUT2D eigenvalue weighted by molar-refractivity contribution is 5.13. The summed E-state index contributed by atoms with van der Waals surface area (Å²) in [6.07, 6.45) is 5.88. The fourth-order valence-electron chi connectivity index (χ4n) is 2.26. The van der Waals surface area contributed by atoms with Crippen LogP contribution in [0.1, 0.15) is 25.8 Å². The first-order chi connectivity index (χ1) is 8.04. The number of hydrogen-bond donors (Lipinski definition) is 1. The average Bonchev–Trinajstić information content (AvgIpc) is 2.36. The maximum absolute atomic E-state index is 4.07. The molecule has 1 aromatic heterocycles. The van der Waals surface area contributed by atoms with E-state index in [1.165, 1.54) is 5.56 Å². The van der Waals surface area contributed by atoms with Crippen LogP contribution in [0, 0.1) is 0 Å². The van der Waals surface area contributed by atoms with Gasteiger partial charge in [-0.15, -0.1) is 0 Å². The molecule has 1 heterocycles. The molecule has 2 atom stereocenters. The van der Waals surface area contributed by atoms with Gasteiger partial charge in [0.25, 0.3) is 0 Å². The van der Waals surface area contributed by atoms with Crippen LogP contribution in [0.25, 0.3) is 0 Å². The Balaban J connectivity index is 2.84. The monoisotopic (exact) mass is 235 g/mol. The van der Waals surface area contributed by atoms with Crippen LogP contribution in [0.5, 0.6) is 0 Å². The lowest BCUT2D eigenvalue weighted by molar-refractivity contribution is 0.116. The van der Waals surface area contributed by atoms with E-state index < -0.39 is 0 Å². The summed E-state index contributed by atoms with van der Waals surface area (Å²) in [5, 5.41) is 3.46. The van der Waals surface area contributed by atoms with Gasteiger partial charge in [-0.2, -0.15) is 0 Å². The lowest BCUT2D eigenvalue weighted by Gasteiger charge is -2.42. The van der Waals surface area contributed by atoms with E-state index in [0.717, 1.165) is 12.8 Å². The Morgan fingerprint density at radius 3 is 2.35 bits per heavy atom. The van der Waals surface area contributed by atoms with Crippen molar-refractivity contribution in [2.24, 2.45) is 0 Å². The zero-order chi connectivity index (χ0) is 12.9. The summed E-state index contributed by atoms with van der Waals surface area (Å²) in [6.45, 7) is 4.56. The van der Waals surface area contributed by atoms with Crippen molar-refractivity contribution in [3.05, 3.63) is 30.1 Å². The summed E-state index contributed by atoms with van der Waals surface area (Å²) in [4.78, 5) is 6.38. The van der Waals surface area contributed by atoms with Gasteiger partial charge in [-0.3, -0.25) is 4.98 Å². The average molecular weight is 235 g/mol. The number of rotatable bonds is 6. The van der Waals surface area contributed by atoms with Gasteiger partial charge < -0.3 is 10.2 Å². The molecule has 1 rings (SSSR count). The smallest absolute Gasteiger partial charge is 0.0328 e. The molecule has 1 N–H and O–H groups in total. The zero-order valence-corrected chi connectivity index (χ0v) is 11.7. The molecule has 96 valence electrons. The van der Waals surface area contributed by atoms with E-state index in [9.17, 15) is 0 Å². The summed E-state index contributed by atoms with van der Waals surface area (Å²) < 4.78 is 0.